The Morgan fingerprint density at radius 2 is 2.24 bits per heavy atom. The van der Waals surface area contributed by atoms with Crippen LogP contribution in [0.5, 0.6) is 0 Å². The minimum atomic E-state index is -0.338. The Morgan fingerprint density at radius 1 is 1.53 bits per heavy atom. The lowest BCUT2D eigenvalue weighted by molar-refractivity contribution is -0.111. The fourth-order valence-electron chi connectivity index (χ4n) is 1.51. The van der Waals surface area contributed by atoms with Crippen molar-refractivity contribution in [3.8, 4) is 0 Å². The molecule has 1 aliphatic rings. The van der Waals surface area contributed by atoms with Crippen molar-refractivity contribution in [2.24, 2.45) is 0 Å². The Hall–Kier alpha value is -1.47. The Morgan fingerprint density at radius 3 is 2.82 bits per heavy atom. The van der Waals surface area contributed by atoms with Crippen LogP contribution in [0, 0.1) is 6.92 Å². The molecular weight excluding hydrogens is 242 g/mol. The minimum absolute atomic E-state index is 0.258. The van der Waals surface area contributed by atoms with E-state index in [1.54, 1.807) is 13.0 Å². The van der Waals surface area contributed by atoms with Crippen LogP contribution in [-0.4, -0.2) is 47.3 Å². The van der Waals surface area contributed by atoms with E-state index in [0.29, 0.717) is 37.9 Å². The van der Waals surface area contributed by atoms with E-state index < -0.39 is 0 Å². The van der Waals surface area contributed by atoms with Gasteiger partial charge < -0.3 is 19.5 Å². The van der Waals surface area contributed by atoms with Crippen LogP contribution in [0.3, 0.4) is 0 Å². The number of carbonyl (C=O) groups is 1. The zero-order chi connectivity index (χ0) is 12.3. The molecule has 0 atom stereocenters. The van der Waals surface area contributed by atoms with Gasteiger partial charge in [0.15, 0.2) is 10.8 Å². The molecule has 2 heterocycles. The largest absolute Gasteiger partial charge is 0.378 e. The molecule has 17 heavy (non-hydrogen) atoms. The summed E-state index contributed by atoms with van der Waals surface area (Å²) in [5.74, 6) is 0.677. The maximum atomic E-state index is 11.8. The van der Waals surface area contributed by atoms with Crippen LogP contribution < -0.4 is 5.32 Å². The van der Waals surface area contributed by atoms with E-state index in [1.165, 1.54) is 0 Å². The monoisotopic (exact) mass is 255 g/mol. The van der Waals surface area contributed by atoms with E-state index in [9.17, 15) is 4.79 Å². The lowest BCUT2D eigenvalue weighted by Crippen LogP contribution is -2.44. The number of thiocarbonyl (C=S) groups is 1. The highest BCUT2D eigenvalue weighted by Crippen LogP contribution is 2.08. The summed E-state index contributed by atoms with van der Waals surface area (Å²) in [6.07, 6.45) is 0. The molecular formula is C10H13N3O3S. The van der Waals surface area contributed by atoms with Crippen molar-refractivity contribution in [2.75, 3.05) is 31.6 Å². The molecule has 0 spiro atoms. The Labute approximate surface area is 104 Å². The summed E-state index contributed by atoms with van der Waals surface area (Å²) in [5, 5.41) is 6.27. The first kappa shape index (κ1) is 12.0. The first-order valence-corrected chi connectivity index (χ1v) is 5.69. The lowest BCUT2D eigenvalue weighted by Gasteiger charge is -2.28. The van der Waals surface area contributed by atoms with Gasteiger partial charge >= 0.3 is 0 Å². The van der Waals surface area contributed by atoms with Gasteiger partial charge in [-0.25, -0.2) is 0 Å². The fraction of sp³-hybridized carbons (Fsp3) is 0.500. The van der Waals surface area contributed by atoms with Gasteiger partial charge in [-0.15, -0.1) is 0 Å². The Balaban J connectivity index is 1.92. The number of aromatic nitrogens is 1. The first-order chi connectivity index (χ1) is 8.16. The van der Waals surface area contributed by atoms with Gasteiger partial charge in [0, 0.05) is 19.2 Å². The van der Waals surface area contributed by atoms with Gasteiger partial charge in [0.1, 0.15) is 5.76 Å². The lowest BCUT2D eigenvalue weighted by atomic mass is 10.4. The van der Waals surface area contributed by atoms with Crippen molar-refractivity contribution >= 4 is 28.9 Å². The molecule has 1 fully saturated rings. The zero-order valence-electron chi connectivity index (χ0n) is 9.43. The van der Waals surface area contributed by atoms with E-state index in [2.05, 4.69) is 10.5 Å². The first-order valence-electron chi connectivity index (χ1n) is 5.28. The number of carbonyl (C=O) groups excluding carboxylic acids is 1. The van der Waals surface area contributed by atoms with Gasteiger partial charge in [-0.3, -0.25) is 4.79 Å². The number of ether oxygens (including phenoxy) is 1. The van der Waals surface area contributed by atoms with Gasteiger partial charge in [0.25, 0.3) is 5.91 Å². The van der Waals surface area contributed by atoms with Crippen molar-refractivity contribution < 1.29 is 14.1 Å². The average Bonchev–Trinajstić information content (AvgIpc) is 2.75. The third-order valence-electron chi connectivity index (χ3n) is 2.36. The van der Waals surface area contributed by atoms with Crippen molar-refractivity contribution in [2.45, 2.75) is 6.92 Å². The van der Waals surface area contributed by atoms with Gasteiger partial charge in [0.05, 0.1) is 13.2 Å². The molecule has 7 heteroatoms. The van der Waals surface area contributed by atoms with Crippen molar-refractivity contribution in [3.63, 3.8) is 0 Å². The molecule has 0 saturated carbocycles. The van der Waals surface area contributed by atoms with Crippen LogP contribution in [0.1, 0.15) is 5.76 Å². The maximum Gasteiger partial charge on any atom is 0.284 e. The van der Waals surface area contributed by atoms with E-state index in [0.717, 1.165) is 0 Å². The van der Waals surface area contributed by atoms with Crippen molar-refractivity contribution in [1.29, 1.82) is 0 Å². The molecule has 0 aliphatic carbocycles. The summed E-state index contributed by atoms with van der Waals surface area (Å²) in [6, 6.07) is 1.64. The molecule has 1 aromatic rings. The standard InChI is InChI=1S/C10H13N3O3S/c1-7-6-8(12-16-7)11-9(14)10(17)13-2-4-15-5-3-13/h6H,2-5H2,1H3,(H,11,12,14). The van der Waals surface area contributed by atoms with E-state index >= 15 is 0 Å². The number of rotatable bonds is 1. The minimum Gasteiger partial charge on any atom is -0.378 e. The van der Waals surface area contributed by atoms with Gasteiger partial charge in [-0.2, -0.15) is 0 Å². The molecule has 1 aromatic heterocycles. The average molecular weight is 255 g/mol. The third-order valence-corrected chi connectivity index (χ3v) is 2.81. The fourth-order valence-corrected chi connectivity index (χ4v) is 1.74. The van der Waals surface area contributed by atoms with E-state index in [1.807, 2.05) is 4.90 Å². The molecule has 2 rings (SSSR count). The molecule has 6 nitrogen and oxygen atoms in total. The Kier molecular flexibility index (Phi) is 3.70. The Bertz CT molecular complexity index is 426. The quantitative estimate of drug-likeness (QED) is 0.740. The highest BCUT2D eigenvalue weighted by molar-refractivity contribution is 7.82. The number of nitrogens with one attached hydrogen (secondary N) is 1. The normalized spacial score (nSPS) is 15.7. The summed E-state index contributed by atoms with van der Waals surface area (Å²) < 4.78 is 10.0. The van der Waals surface area contributed by atoms with Crippen molar-refractivity contribution in [1.82, 2.24) is 10.1 Å². The predicted molar refractivity (Wildman–Crippen MR) is 64.9 cm³/mol. The number of aryl methyl sites for hydroxylation is 1. The molecule has 0 aromatic carbocycles. The summed E-state index contributed by atoms with van der Waals surface area (Å²) >= 11 is 5.10. The van der Waals surface area contributed by atoms with E-state index in [-0.39, 0.29) is 10.9 Å². The molecule has 1 saturated heterocycles. The summed E-state index contributed by atoms with van der Waals surface area (Å²) in [7, 11) is 0. The van der Waals surface area contributed by atoms with Crippen LogP contribution in [0.15, 0.2) is 10.6 Å². The summed E-state index contributed by atoms with van der Waals surface area (Å²) in [6.45, 7) is 4.23. The second kappa shape index (κ2) is 5.24. The number of morpholine rings is 1. The molecule has 0 unspecified atom stereocenters. The molecule has 0 bridgehead atoms. The smallest absolute Gasteiger partial charge is 0.284 e. The number of hydrogen-bond donors (Lipinski definition) is 1. The van der Waals surface area contributed by atoms with Gasteiger partial charge in [-0.05, 0) is 6.92 Å². The topological polar surface area (TPSA) is 67.6 Å². The van der Waals surface area contributed by atoms with Crippen LogP contribution in [0.4, 0.5) is 5.82 Å². The molecule has 1 aliphatic heterocycles. The van der Waals surface area contributed by atoms with Crippen LogP contribution >= 0.6 is 12.2 Å². The maximum absolute atomic E-state index is 11.8. The van der Waals surface area contributed by atoms with Crippen molar-refractivity contribution in [3.05, 3.63) is 11.8 Å². The zero-order valence-corrected chi connectivity index (χ0v) is 10.2. The SMILES string of the molecule is Cc1cc(NC(=O)C(=S)N2CCOCC2)no1. The number of anilines is 1. The van der Waals surface area contributed by atoms with E-state index in [4.69, 9.17) is 21.5 Å². The summed E-state index contributed by atoms with van der Waals surface area (Å²) in [5.41, 5.74) is 0. The second-order valence-electron chi connectivity index (χ2n) is 3.68. The van der Waals surface area contributed by atoms with Crippen LogP contribution in [0.2, 0.25) is 0 Å². The third kappa shape index (κ3) is 3.01. The molecule has 0 radical (unpaired) electrons. The number of amides is 1. The predicted octanol–water partition coefficient (Wildman–Crippen LogP) is 0.581. The van der Waals surface area contributed by atoms with Crippen LogP contribution in [0.25, 0.3) is 0 Å². The molecule has 92 valence electrons. The molecule has 1 amide bonds. The van der Waals surface area contributed by atoms with Crippen LogP contribution in [-0.2, 0) is 9.53 Å². The second-order valence-corrected chi connectivity index (χ2v) is 4.07. The van der Waals surface area contributed by atoms with Gasteiger partial charge in [-0.1, -0.05) is 17.4 Å². The number of hydrogen-bond acceptors (Lipinski definition) is 5. The summed E-state index contributed by atoms with van der Waals surface area (Å²) in [4.78, 5) is 13.9. The highest BCUT2D eigenvalue weighted by Gasteiger charge is 2.20. The highest BCUT2D eigenvalue weighted by atomic mass is 32.1. The van der Waals surface area contributed by atoms with Gasteiger partial charge in [0.2, 0.25) is 0 Å². The number of nitrogens with zero attached hydrogens (tertiary/aromatic N) is 2. The molecule has 1 N–H and O–H groups in total.